The van der Waals surface area contributed by atoms with Crippen molar-refractivity contribution in [2.75, 3.05) is 6.54 Å². The van der Waals surface area contributed by atoms with E-state index in [4.69, 9.17) is 0 Å². The molecule has 0 atom stereocenters. The summed E-state index contributed by atoms with van der Waals surface area (Å²) in [5, 5.41) is 2.86. The Morgan fingerprint density at radius 1 is 1.10 bits per heavy atom. The van der Waals surface area contributed by atoms with E-state index in [1.54, 1.807) is 6.08 Å². The van der Waals surface area contributed by atoms with E-state index < -0.39 is 0 Å². The summed E-state index contributed by atoms with van der Waals surface area (Å²) >= 11 is 0. The number of unbranched alkanes of at least 4 members (excludes halogenated alkanes) is 1. The third-order valence-electron chi connectivity index (χ3n) is 2.79. The molecule has 1 aromatic rings. The van der Waals surface area contributed by atoms with Crippen molar-refractivity contribution >= 4 is 12.0 Å². The summed E-state index contributed by atoms with van der Waals surface area (Å²) < 4.78 is 0. The van der Waals surface area contributed by atoms with E-state index >= 15 is 0 Å². The Hall–Kier alpha value is -2.09. The molecule has 0 aliphatic carbocycles. The van der Waals surface area contributed by atoms with E-state index in [1.807, 2.05) is 36.4 Å². The molecule has 0 radical (unpaired) electrons. The summed E-state index contributed by atoms with van der Waals surface area (Å²) in [6, 6.07) is 10.2. The van der Waals surface area contributed by atoms with E-state index in [0.29, 0.717) is 5.92 Å². The van der Waals surface area contributed by atoms with Gasteiger partial charge in [0.15, 0.2) is 0 Å². The average Bonchev–Trinajstić information content (AvgIpc) is 2.49. The Morgan fingerprint density at radius 3 is 2.52 bits per heavy atom. The molecule has 0 spiro atoms. The molecule has 0 aliphatic heterocycles. The fourth-order valence-electron chi connectivity index (χ4n) is 1.65. The number of carbonyl (C=O) groups is 1. The van der Waals surface area contributed by atoms with E-state index in [9.17, 15) is 4.79 Å². The number of rotatable bonds is 8. The number of benzene rings is 1. The molecule has 1 N–H and O–H groups in total. The standard InChI is InChI=1S/C19H25NO/c1-17(2)16-20-19(21)15-11-6-4-3-5-8-12-18-13-9-7-10-14-18/h3,5,7-15,17H,4,6,16H2,1-2H3,(H,20,21)/b5-3-,12-8?,15-11+. The third kappa shape index (κ3) is 9.44. The maximum Gasteiger partial charge on any atom is 0.243 e. The van der Waals surface area contributed by atoms with Gasteiger partial charge in [0, 0.05) is 6.54 Å². The fraction of sp³-hybridized carbons (Fsp3) is 0.316. The molecule has 2 heteroatoms. The maximum atomic E-state index is 11.4. The van der Waals surface area contributed by atoms with Gasteiger partial charge in [0.25, 0.3) is 0 Å². The number of amides is 1. The van der Waals surface area contributed by atoms with Crippen molar-refractivity contribution in [3.05, 3.63) is 66.3 Å². The topological polar surface area (TPSA) is 29.1 Å². The first-order chi connectivity index (χ1) is 10.2. The van der Waals surface area contributed by atoms with Crippen molar-refractivity contribution in [1.82, 2.24) is 5.32 Å². The van der Waals surface area contributed by atoms with Crippen LogP contribution in [-0.4, -0.2) is 12.5 Å². The third-order valence-corrected chi connectivity index (χ3v) is 2.79. The molecule has 0 saturated carbocycles. The van der Waals surface area contributed by atoms with Crippen LogP contribution in [0.5, 0.6) is 0 Å². The monoisotopic (exact) mass is 283 g/mol. The summed E-state index contributed by atoms with van der Waals surface area (Å²) in [5.74, 6) is 0.485. The predicted octanol–water partition coefficient (Wildman–Crippen LogP) is 4.36. The molecule has 0 heterocycles. The van der Waals surface area contributed by atoms with Crippen LogP contribution in [0, 0.1) is 5.92 Å². The first-order valence-corrected chi connectivity index (χ1v) is 7.51. The van der Waals surface area contributed by atoms with Crippen LogP contribution in [0.1, 0.15) is 32.3 Å². The van der Waals surface area contributed by atoms with Gasteiger partial charge in [-0.25, -0.2) is 0 Å². The van der Waals surface area contributed by atoms with Crippen LogP contribution in [0.3, 0.4) is 0 Å². The van der Waals surface area contributed by atoms with Crippen molar-refractivity contribution in [1.29, 1.82) is 0 Å². The Bertz CT molecular complexity index is 484. The van der Waals surface area contributed by atoms with Crippen molar-refractivity contribution in [2.45, 2.75) is 26.7 Å². The van der Waals surface area contributed by atoms with Gasteiger partial charge >= 0.3 is 0 Å². The van der Waals surface area contributed by atoms with Crippen LogP contribution < -0.4 is 5.32 Å². The van der Waals surface area contributed by atoms with E-state index in [2.05, 4.69) is 43.4 Å². The highest BCUT2D eigenvalue weighted by atomic mass is 16.1. The lowest BCUT2D eigenvalue weighted by Gasteiger charge is -2.03. The molecular weight excluding hydrogens is 258 g/mol. The zero-order valence-electron chi connectivity index (χ0n) is 13.0. The Kier molecular flexibility index (Phi) is 8.62. The maximum absolute atomic E-state index is 11.4. The quantitative estimate of drug-likeness (QED) is 0.428. The summed E-state index contributed by atoms with van der Waals surface area (Å²) in [4.78, 5) is 11.4. The van der Waals surface area contributed by atoms with Crippen LogP contribution in [0.15, 0.2) is 60.7 Å². The van der Waals surface area contributed by atoms with E-state index in [0.717, 1.165) is 19.4 Å². The summed E-state index contributed by atoms with van der Waals surface area (Å²) in [5.41, 5.74) is 1.20. The van der Waals surface area contributed by atoms with Gasteiger partial charge in [0.2, 0.25) is 5.91 Å². The highest BCUT2D eigenvalue weighted by Gasteiger charge is 1.96. The summed E-state index contributed by atoms with van der Waals surface area (Å²) in [7, 11) is 0. The molecule has 1 aromatic carbocycles. The second-order valence-corrected chi connectivity index (χ2v) is 5.32. The normalized spacial score (nSPS) is 12.0. The fourth-order valence-corrected chi connectivity index (χ4v) is 1.65. The van der Waals surface area contributed by atoms with Crippen molar-refractivity contribution < 1.29 is 4.79 Å². The number of hydrogen-bond acceptors (Lipinski definition) is 1. The molecule has 0 bridgehead atoms. The number of nitrogens with one attached hydrogen (secondary N) is 1. The lowest BCUT2D eigenvalue weighted by molar-refractivity contribution is -0.116. The molecule has 0 fully saturated rings. The number of allylic oxidation sites excluding steroid dienone is 4. The minimum absolute atomic E-state index is 0.00310. The highest BCUT2D eigenvalue weighted by molar-refractivity contribution is 5.87. The molecule has 1 amide bonds. The largest absolute Gasteiger partial charge is 0.352 e. The van der Waals surface area contributed by atoms with Gasteiger partial charge in [-0.15, -0.1) is 0 Å². The molecule has 0 unspecified atom stereocenters. The molecule has 0 aliphatic rings. The van der Waals surface area contributed by atoms with Crippen LogP contribution in [-0.2, 0) is 4.79 Å². The lowest BCUT2D eigenvalue weighted by Crippen LogP contribution is -2.25. The molecular formula is C19H25NO. The minimum atomic E-state index is -0.00310. The van der Waals surface area contributed by atoms with Crippen molar-refractivity contribution in [2.24, 2.45) is 5.92 Å². The van der Waals surface area contributed by atoms with Crippen LogP contribution in [0.4, 0.5) is 0 Å². The molecule has 112 valence electrons. The molecule has 0 aromatic heterocycles. The minimum Gasteiger partial charge on any atom is -0.352 e. The number of hydrogen-bond donors (Lipinski definition) is 1. The molecule has 21 heavy (non-hydrogen) atoms. The first kappa shape index (κ1) is 17.0. The van der Waals surface area contributed by atoms with Crippen molar-refractivity contribution in [3.8, 4) is 0 Å². The van der Waals surface area contributed by atoms with Gasteiger partial charge in [0.05, 0.1) is 0 Å². The predicted molar refractivity (Wildman–Crippen MR) is 90.8 cm³/mol. The Morgan fingerprint density at radius 2 is 1.81 bits per heavy atom. The molecule has 2 nitrogen and oxygen atoms in total. The van der Waals surface area contributed by atoms with Gasteiger partial charge in [-0.2, -0.15) is 0 Å². The second kappa shape index (κ2) is 10.7. The second-order valence-electron chi connectivity index (χ2n) is 5.32. The Labute approximate surface area is 128 Å². The van der Waals surface area contributed by atoms with Gasteiger partial charge in [0.1, 0.15) is 0 Å². The number of carbonyl (C=O) groups excluding carboxylic acids is 1. The highest BCUT2D eigenvalue weighted by Crippen LogP contribution is 2.01. The summed E-state index contributed by atoms with van der Waals surface area (Å²) in [6.07, 6.45) is 13.6. The van der Waals surface area contributed by atoms with Crippen LogP contribution in [0.25, 0.3) is 6.08 Å². The first-order valence-electron chi connectivity index (χ1n) is 7.51. The van der Waals surface area contributed by atoms with Crippen molar-refractivity contribution in [3.63, 3.8) is 0 Å². The smallest absolute Gasteiger partial charge is 0.243 e. The molecule has 0 saturated heterocycles. The van der Waals surface area contributed by atoms with Gasteiger partial charge in [-0.1, -0.05) is 74.6 Å². The Balaban J connectivity index is 2.14. The zero-order valence-corrected chi connectivity index (χ0v) is 13.0. The summed E-state index contributed by atoms with van der Waals surface area (Å²) in [6.45, 7) is 4.89. The van der Waals surface area contributed by atoms with Gasteiger partial charge < -0.3 is 5.32 Å². The zero-order chi connectivity index (χ0) is 15.3. The van der Waals surface area contributed by atoms with Gasteiger partial charge in [-0.3, -0.25) is 4.79 Å². The van der Waals surface area contributed by atoms with Gasteiger partial charge in [-0.05, 0) is 30.4 Å². The lowest BCUT2D eigenvalue weighted by atomic mass is 10.2. The van der Waals surface area contributed by atoms with E-state index in [-0.39, 0.29) is 5.91 Å². The van der Waals surface area contributed by atoms with Crippen LogP contribution in [0.2, 0.25) is 0 Å². The SMILES string of the molecule is CC(C)CNC(=O)/C=C/CC/C=C\C=Cc1ccccc1. The molecule has 1 rings (SSSR count). The van der Waals surface area contributed by atoms with Crippen LogP contribution >= 0.6 is 0 Å². The average molecular weight is 283 g/mol. The van der Waals surface area contributed by atoms with E-state index in [1.165, 1.54) is 5.56 Å².